The number of amides is 3. The summed E-state index contributed by atoms with van der Waals surface area (Å²) in [4.78, 5) is 57.6. The van der Waals surface area contributed by atoms with E-state index in [0.29, 0.717) is 17.9 Å². The number of phenols is 1. The number of carbonyl (C=O) groups excluding carboxylic acids is 4. The molecule has 0 aliphatic carbocycles. The van der Waals surface area contributed by atoms with Gasteiger partial charge in [0.15, 0.2) is 0 Å². The number of para-hydroxylation sites is 1. The smallest absolute Gasteiger partial charge is 0.408 e. The van der Waals surface area contributed by atoms with Crippen LogP contribution in [0.5, 0.6) is 5.75 Å². The van der Waals surface area contributed by atoms with Crippen LogP contribution >= 0.6 is 0 Å². The van der Waals surface area contributed by atoms with E-state index in [9.17, 15) is 24.3 Å². The van der Waals surface area contributed by atoms with E-state index < -0.39 is 59.2 Å². The second kappa shape index (κ2) is 17.5. The summed E-state index contributed by atoms with van der Waals surface area (Å²) >= 11 is 0. The van der Waals surface area contributed by atoms with Gasteiger partial charge in [0, 0.05) is 18.0 Å². The minimum Gasteiger partial charge on any atom is -0.507 e. The molecule has 4 unspecified atom stereocenters. The fourth-order valence-electron chi connectivity index (χ4n) is 5.41. The summed E-state index contributed by atoms with van der Waals surface area (Å²) in [5.41, 5.74) is -0.115. The van der Waals surface area contributed by atoms with Gasteiger partial charge in [-0.2, -0.15) is 0 Å². The van der Waals surface area contributed by atoms with Gasteiger partial charge in [0.2, 0.25) is 11.8 Å². The van der Waals surface area contributed by atoms with Crippen LogP contribution < -0.4 is 10.6 Å². The third-order valence-electron chi connectivity index (χ3n) is 7.88. The predicted octanol–water partition coefficient (Wildman–Crippen LogP) is 7.01. The molecule has 0 saturated heterocycles. The van der Waals surface area contributed by atoms with Gasteiger partial charge in [-0.1, -0.05) is 76.2 Å². The Morgan fingerprint density at radius 1 is 0.796 bits per heavy atom. The number of aryl methyl sites for hydroxylation is 1. The van der Waals surface area contributed by atoms with Gasteiger partial charge in [0.25, 0.3) is 0 Å². The minimum absolute atomic E-state index is 0.139. The number of hydrogen-bond acceptors (Lipinski definition) is 7. The molecule has 0 fully saturated rings. The number of esters is 1. The van der Waals surface area contributed by atoms with Gasteiger partial charge >= 0.3 is 12.1 Å². The lowest BCUT2D eigenvalue weighted by Gasteiger charge is -2.40. The van der Waals surface area contributed by atoms with Gasteiger partial charge in [-0.15, -0.1) is 0 Å². The van der Waals surface area contributed by atoms with Crippen LogP contribution in [-0.4, -0.2) is 63.2 Å². The van der Waals surface area contributed by atoms with Crippen molar-refractivity contribution in [3.05, 3.63) is 65.2 Å². The molecular formula is C39H59N3O7. The molecule has 49 heavy (non-hydrogen) atoms. The fourth-order valence-corrected chi connectivity index (χ4v) is 5.41. The first-order valence-electron chi connectivity index (χ1n) is 17.3. The number of alkyl carbamates (subject to hydrolysis) is 1. The lowest BCUT2D eigenvalue weighted by molar-refractivity contribution is -0.159. The zero-order valence-electron chi connectivity index (χ0n) is 31.5. The highest BCUT2D eigenvalue weighted by molar-refractivity contribution is 5.94. The summed E-state index contributed by atoms with van der Waals surface area (Å²) in [6.07, 6.45) is 0.664. The average molecular weight is 682 g/mol. The third-order valence-corrected chi connectivity index (χ3v) is 7.88. The van der Waals surface area contributed by atoms with Gasteiger partial charge in [0.1, 0.15) is 35.1 Å². The van der Waals surface area contributed by atoms with Crippen molar-refractivity contribution in [1.29, 1.82) is 0 Å². The highest BCUT2D eigenvalue weighted by Crippen LogP contribution is 2.35. The first kappa shape index (κ1) is 41.1. The molecular weight excluding hydrogens is 622 g/mol. The number of nitrogens with zero attached hydrogens (tertiary/aromatic N) is 1. The third kappa shape index (κ3) is 13.0. The van der Waals surface area contributed by atoms with Crippen molar-refractivity contribution in [3.63, 3.8) is 0 Å². The summed E-state index contributed by atoms with van der Waals surface area (Å²) in [7, 11) is 0. The Balaban J connectivity index is 2.76. The molecule has 3 amide bonds. The molecule has 10 heteroatoms. The molecule has 0 radical (unpaired) electrons. The van der Waals surface area contributed by atoms with Crippen molar-refractivity contribution in [1.82, 2.24) is 15.5 Å². The maximum Gasteiger partial charge on any atom is 0.408 e. The molecule has 10 nitrogen and oxygen atoms in total. The topological polar surface area (TPSA) is 134 Å². The Kier molecular flexibility index (Phi) is 14.7. The Morgan fingerprint density at radius 2 is 1.39 bits per heavy atom. The quantitative estimate of drug-likeness (QED) is 0.183. The van der Waals surface area contributed by atoms with Crippen LogP contribution in [0.25, 0.3) is 0 Å². The number of phenolic OH excluding ortho intramolecular Hbond substituents is 1. The highest BCUT2D eigenvalue weighted by Gasteiger charge is 2.42. The molecule has 0 aliphatic rings. The number of ether oxygens (including phenoxy) is 2. The van der Waals surface area contributed by atoms with Gasteiger partial charge in [-0.05, 0) is 91.2 Å². The zero-order chi connectivity index (χ0) is 37.3. The molecule has 0 bridgehead atoms. The van der Waals surface area contributed by atoms with Crippen molar-refractivity contribution in [2.24, 2.45) is 11.8 Å². The van der Waals surface area contributed by atoms with Crippen LogP contribution in [0.4, 0.5) is 4.79 Å². The van der Waals surface area contributed by atoms with E-state index in [4.69, 9.17) is 9.47 Å². The molecule has 272 valence electrons. The van der Waals surface area contributed by atoms with E-state index in [1.807, 2.05) is 37.3 Å². The van der Waals surface area contributed by atoms with Gasteiger partial charge in [-0.25, -0.2) is 9.59 Å². The van der Waals surface area contributed by atoms with Crippen LogP contribution in [0, 0.1) is 18.8 Å². The first-order valence-corrected chi connectivity index (χ1v) is 17.3. The Hall–Kier alpha value is -4.08. The van der Waals surface area contributed by atoms with E-state index >= 15 is 0 Å². The van der Waals surface area contributed by atoms with Crippen LogP contribution in [0.2, 0.25) is 0 Å². The number of hydrogen-bond donors (Lipinski definition) is 3. The van der Waals surface area contributed by atoms with Crippen LogP contribution in [0.15, 0.2) is 48.5 Å². The Morgan fingerprint density at radius 3 is 1.92 bits per heavy atom. The van der Waals surface area contributed by atoms with Crippen LogP contribution in [-0.2, 0) is 30.3 Å². The van der Waals surface area contributed by atoms with Crippen molar-refractivity contribution in [3.8, 4) is 5.75 Å². The SMILES string of the molecule is Cc1cccc(C(C(=O)NC(Cc2ccccc2)C(=O)OC(C)(C)C)N(C(=O)C(NC(=O)OC(C)(C)C)C(C)C)C(C)CCC(C)C)c1O. The maximum atomic E-state index is 14.8. The summed E-state index contributed by atoms with van der Waals surface area (Å²) in [5.74, 6) is -2.04. The molecule has 2 aromatic carbocycles. The lowest BCUT2D eigenvalue weighted by Crippen LogP contribution is -2.58. The number of carbonyl (C=O) groups is 4. The number of aromatic hydroxyl groups is 1. The second-order valence-electron chi connectivity index (χ2n) is 15.6. The van der Waals surface area contributed by atoms with Crippen LogP contribution in [0.3, 0.4) is 0 Å². The van der Waals surface area contributed by atoms with Gasteiger partial charge in [0.05, 0.1) is 0 Å². The largest absolute Gasteiger partial charge is 0.507 e. The standard InChI is InChI=1S/C39H59N3O7/c1-24(2)21-22-27(6)42(35(45)31(25(3)4)41-37(47)49-39(10,11)12)32(29-20-16-17-26(5)33(29)43)34(44)40-30(36(46)48-38(7,8)9)23-28-18-14-13-15-19-28/h13-20,24-25,27,30-32,43H,21-23H2,1-12H3,(H,40,44)(H,41,47). The summed E-state index contributed by atoms with van der Waals surface area (Å²) in [5, 5.41) is 17.0. The summed E-state index contributed by atoms with van der Waals surface area (Å²) in [6, 6.07) is 10.2. The summed E-state index contributed by atoms with van der Waals surface area (Å²) < 4.78 is 11.2. The monoisotopic (exact) mass is 681 g/mol. The molecule has 0 spiro atoms. The van der Waals surface area contributed by atoms with Crippen LogP contribution in [0.1, 0.15) is 112 Å². The van der Waals surface area contributed by atoms with E-state index in [1.165, 1.54) is 4.90 Å². The van der Waals surface area contributed by atoms with Crippen molar-refractivity contribution in [2.45, 2.75) is 138 Å². The average Bonchev–Trinajstić information content (AvgIpc) is 2.97. The molecule has 0 saturated carbocycles. The molecule has 0 aromatic heterocycles. The minimum atomic E-state index is -1.36. The number of benzene rings is 2. The molecule has 3 N–H and O–H groups in total. The number of rotatable bonds is 14. The fraction of sp³-hybridized carbons (Fsp3) is 0.590. The van der Waals surface area contributed by atoms with E-state index in [-0.39, 0.29) is 23.7 Å². The molecule has 2 rings (SSSR count). The van der Waals surface area contributed by atoms with E-state index in [1.54, 1.807) is 80.5 Å². The van der Waals surface area contributed by atoms with Gasteiger partial charge in [-0.3, -0.25) is 9.59 Å². The zero-order valence-corrected chi connectivity index (χ0v) is 31.5. The predicted molar refractivity (Wildman–Crippen MR) is 192 cm³/mol. The molecule has 0 aliphatic heterocycles. The number of nitrogens with one attached hydrogen (secondary N) is 2. The molecule has 0 heterocycles. The molecule has 4 atom stereocenters. The highest BCUT2D eigenvalue weighted by atomic mass is 16.6. The summed E-state index contributed by atoms with van der Waals surface area (Å²) in [6.45, 7) is 21.8. The second-order valence-corrected chi connectivity index (χ2v) is 15.6. The van der Waals surface area contributed by atoms with E-state index in [2.05, 4.69) is 24.5 Å². The van der Waals surface area contributed by atoms with Crippen molar-refractivity contribution in [2.75, 3.05) is 0 Å². The first-order chi connectivity index (χ1) is 22.6. The van der Waals surface area contributed by atoms with Crippen molar-refractivity contribution >= 4 is 23.9 Å². The Labute approximate surface area is 293 Å². The van der Waals surface area contributed by atoms with Gasteiger partial charge < -0.3 is 30.1 Å². The van der Waals surface area contributed by atoms with Crippen molar-refractivity contribution < 1.29 is 33.8 Å². The van der Waals surface area contributed by atoms with E-state index in [0.717, 1.165) is 12.0 Å². The Bertz CT molecular complexity index is 1410. The molecule has 2 aromatic rings. The normalized spacial score (nSPS) is 14.4. The lowest BCUT2D eigenvalue weighted by atomic mass is 9.93. The maximum absolute atomic E-state index is 14.8.